The molecule has 8 heteroatoms. The summed E-state index contributed by atoms with van der Waals surface area (Å²) in [5.41, 5.74) is 4.12. The minimum absolute atomic E-state index is 0.0452. The number of nitrogens with zero attached hydrogens (tertiary/aromatic N) is 3. The first-order chi connectivity index (χ1) is 18.8. The van der Waals surface area contributed by atoms with E-state index < -0.39 is 16.0 Å². The van der Waals surface area contributed by atoms with Crippen LogP contribution in [0, 0.1) is 18.9 Å². The Bertz CT molecular complexity index is 1820. The van der Waals surface area contributed by atoms with Crippen molar-refractivity contribution in [3.05, 3.63) is 120 Å². The van der Waals surface area contributed by atoms with Gasteiger partial charge in [0.05, 0.1) is 35.4 Å². The van der Waals surface area contributed by atoms with E-state index in [4.69, 9.17) is 4.74 Å². The number of esters is 1. The minimum atomic E-state index is -3.98. The second-order valence-corrected chi connectivity index (χ2v) is 11.0. The Kier molecular flexibility index (Phi) is 7.01. The lowest BCUT2D eigenvalue weighted by Crippen LogP contribution is -2.26. The summed E-state index contributed by atoms with van der Waals surface area (Å²) in [6.45, 7) is 1.95. The highest BCUT2D eigenvalue weighted by atomic mass is 32.2. The second-order valence-electron chi connectivity index (χ2n) is 9.16. The summed E-state index contributed by atoms with van der Waals surface area (Å²) in [6.07, 6.45) is 5.55. The monoisotopic (exact) mass is 537 g/mol. The molecule has 2 aromatic heterocycles. The van der Waals surface area contributed by atoms with Crippen LogP contribution >= 0.6 is 0 Å². The number of rotatable bonds is 6. The predicted molar refractivity (Wildman–Crippen MR) is 151 cm³/mol. The smallest absolute Gasteiger partial charge is 0.340 e. The molecule has 0 aliphatic heterocycles. The van der Waals surface area contributed by atoms with E-state index in [1.54, 1.807) is 59.4 Å². The Morgan fingerprint density at radius 3 is 2.41 bits per heavy atom. The van der Waals surface area contributed by atoms with E-state index in [0.29, 0.717) is 16.8 Å². The molecule has 196 valence electrons. The van der Waals surface area contributed by atoms with Crippen LogP contribution in [0.25, 0.3) is 16.6 Å². The fraction of sp³-hybridized carbons (Fsp3) is 0.129. The molecule has 0 saturated heterocycles. The van der Waals surface area contributed by atoms with E-state index in [1.807, 2.05) is 61.1 Å². The summed E-state index contributed by atoms with van der Waals surface area (Å²) in [6, 6.07) is 26.2. The third-order valence-corrected chi connectivity index (χ3v) is 8.17. The van der Waals surface area contributed by atoms with E-state index in [2.05, 4.69) is 12.0 Å². The van der Waals surface area contributed by atoms with Crippen molar-refractivity contribution in [3.8, 4) is 17.7 Å². The van der Waals surface area contributed by atoms with Crippen molar-refractivity contribution < 1.29 is 17.9 Å². The summed E-state index contributed by atoms with van der Waals surface area (Å²) < 4.78 is 37.5. The number of aryl methyl sites for hydroxylation is 2. The third-order valence-electron chi connectivity index (χ3n) is 6.50. The largest absolute Gasteiger partial charge is 0.465 e. The number of hydrogen-bond donors (Lipinski definition) is 0. The second kappa shape index (κ2) is 10.6. The van der Waals surface area contributed by atoms with Gasteiger partial charge < -0.3 is 13.9 Å². The highest BCUT2D eigenvalue weighted by Gasteiger charge is 2.23. The van der Waals surface area contributed by atoms with Crippen molar-refractivity contribution >= 4 is 26.9 Å². The van der Waals surface area contributed by atoms with Crippen LogP contribution in [0.1, 0.15) is 27.0 Å². The molecule has 5 aromatic rings. The van der Waals surface area contributed by atoms with Gasteiger partial charge in [0.1, 0.15) is 0 Å². The van der Waals surface area contributed by atoms with E-state index in [1.165, 1.54) is 7.11 Å². The summed E-state index contributed by atoms with van der Waals surface area (Å²) >= 11 is 0. The predicted octanol–water partition coefficient (Wildman–Crippen LogP) is 5.26. The average molecular weight is 538 g/mol. The number of ether oxygens (including phenoxy) is 1. The number of methoxy groups -OCH3 is 1. The van der Waals surface area contributed by atoms with Crippen molar-refractivity contribution in [3.63, 3.8) is 0 Å². The average Bonchev–Trinajstić information content (AvgIpc) is 3.60. The van der Waals surface area contributed by atoms with E-state index in [0.717, 1.165) is 26.3 Å². The van der Waals surface area contributed by atoms with E-state index >= 15 is 0 Å². The van der Waals surface area contributed by atoms with Crippen LogP contribution in [0.4, 0.5) is 0 Å². The van der Waals surface area contributed by atoms with Crippen LogP contribution in [-0.4, -0.2) is 34.9 Å². The number of hydrogen-bond acceptors (Lipinski definition) is 4. The molecular weight excluding hydrogens is 510 g/mol. The van der Waals surface area contributed by atoms with Crippen LogP contribution in [-0.2, 0) is 28.4 Å². The van der Waals surface area contributed by atoms with E-state index in [-0.39, 0.29) is 11.4 Å². The molecule has 0 saturated carbocycles. The van der Waals surface area contributed by atoms with Crippen molar-refractivity contribution in [2.75, 3.05) is 7.11 Å². The fourth-order valence-electron chi connectivity index (χ4n) is 4.42. The van der Waals surface area contributed by atoms with Crippen LogP contribution in [0.3, 0.4) is 0 Å². The zero-order chi connectivity index (χ0) is 27.6. The fourth-order valence-corrected chi connectivity index (χ4v) is 5.64. The van der Waals surface area contributed by atoms with Crippen LogP contribution < -0.4 is 0 Å². The molecule has 0 aliphatic carbocycles. The molecule has 2 heterocycles. The molecule has 0 atom stereocenters. The first kappa shape index (κ1) is 25.9. The van der Waals surface area contributed by atoms with Gasteiger partial charge in [-0.15, -0.1) is 0 Å². The molecule has 0 unspecified atom stereocenters. The van der Waals surface area contributed by atoms with Crippen LogP contribution in [0.2, 0.25) is 0 Å². The van der Waals surface area contributed by atoms with Gasteiger partial charge in [0.15, 0.2) is 0 Å². The number of aromatic nitrogens is 2. The quantitative estimate of drug-likeness (QED) is 0.168. The molecule has 0 aliphatic rings. The zero-order valence-electron chi connectivity index (χ0n) is 21.8. The van der Waals surface area contributed by atoms with Gasteiger partial charge in [-0.2, -0.15) is 0 Å². The molecule has 0 N–H and O–H groups in total. The topological polar surface area (TPSA) is 73.5 Å². The number of fused-ring (bicyclic) bond motifs is 1. The van der Waals surface area contributed by atoms with Gasteiger partial charge in [-0.1, -0.05) is 29.8 Å². The van der Waals surface area contributed by atoms with Gasteiger partial charge >= 0.3 is 5.97 Å². The van der Waals surface area contributed by atoms with E-state index in [9.17, 15) is 13.2 Å². The lowest BCUT2D eigenvalue weighted by molar-refractivity contribution is 0.0600. The maximum absolute atomic E-state index is 13.8. The highest BCUT2D eigenvalue weighted by molar-refractivity contribution is 7.89. The van der Waals surface area contributed by atoms with Crippen LogP contribution in [0.15, 0.2) is 102 Å². The first-order valence-electron chi connectivity index (χ1n) is 12.3. The molecular formula is C31H27N3O4S. The van der Waals surface area contributed by atoms with Gasteiger partial charge in [-0.25, -0.2) is 17.5 Å². The number of sulfonamides is 1. The maximum Gasteiger partial charge on any atom is 0.340 e. The van der Waals surface area contributed by atoms with Gasteiger partial charge in [0.2, 0.25) is 0 Å². The molecule has 0 bridgehead atoms. The maximum atomic E-state index is 13.8. The summed E-state index contributed by atoms with van der Waals surface area (Å²) in [4.78, 5) is 12.7. The van der Waals surface area contributed by atoms with Gasteiger partial charge in [0, 0.05) is 37.2 Å². The number of carbonyl (C=O) groups is 1. The summed E-state index contributed by atoms with van der Waals surface area (Å²) in [7, 11) is -0.692. The van der Waals surface area contributed by atoms with Gasteiger partial charge in [0.25, 0.3) is 10.0 Å². The Balaban J connectivity index is 1.63. The Hall–Kier alpha value is -4.74. The molecule has 0 fully saturated rings. The lowest BCUT2D eigenvalue weighted by atomic mass is 10.1. The standard InChI is InChI=1S/C31H27N3O4S/c1-23-9-12-27(13-10-23)39(36,37)34(22-24-11-14-29-26(21-24)15-19-32(29)2)20-16-25-7-6-8-28(31(35)38-3)30(25)33-17-4-5-18-33/h4-15,17-19,21H,22H2,1-3H3. The number of carbonyl (C=O) groups excluding carboxylic acids is 1. The molecule has 3 aromatic carbocycles. The first-order valence-corrected chi connectivity index (χ1v) is 13.7. The Morgan fingerprint density at radius 1 is 0.949 bits per heavy atom. The van der Waals surface area contributed by atoms with Crippen molar-refractivity contribution in [2.24, 2.45) is 7.05 Å². The molecule has 0 spiro atoms. The Labute approximate surface area is 227 Å². The van der Waals surface area contributed by atoms with Gasteiger partial charge in [-0.3, -0.25) is 0 Å². The van der Waals surface area contributed by atoms with Crippen molar-refractivity contribution in [1.82, 2.24) is 13.4 Å². The number of benzene rings is 3. The SMILES string of the molecule is COC(=O)c1cccc(C#CN(Cc2ccc3c(ccn3C)c2)S(=O)(=O)c2ccc(C)cc2)c1-n1cccc1. The van der Waals surface area contributed by atoms with Crippen molar-refractivity contribution in [2.45, 2.75) is 18.4 Å². The summed E-state index contributed by atoms with van der Waals surface area (Å²) in [5.74, 6) is 2.52. The Morgan fingerprint density at radius 2 is 1.69 bits per heavy atom. The normalized spacial score (nSPS) is 11.2. The molecule has 39 heavy (non-hydrogen) atoms. The summed E-state index contributed by atoms with van der Waals surface area (Å²) in [5, 5.41) is 1.01. The highest BCUT2D eigenvalue weighted by Crippen LogP contribution is 2.24. The van der Waals surface area contributed by atoms with Crippen LogP contribution in [0.5, 0.6) is 0 Å². The molecule has 5 rings (SSSR count). The zero-order valence-corrected chi connectivity index (χ0v) is 22.6. The number of para-hydroxylation sites is 1. The molecule has 0 amide bonds. The molecule has 0 radical (unpaired) electrons. The third kappa shape index (κ3) is 5.17. The molecule has 7 nitrogen and oxygen atoms in total. The van der Waals surface area contributed by atoms with Crippen molar-refractivity contribution in [1.29, 1.82) is 0 Å². The lowest BCUT2D eigenvalue weighted by Gasteiger charge is -2.19. The minimum Gasteiger partial charge on any atom is -0.465 e. The van der Waals surface area contributed by atoms with Gasteiger partial charge in [-0.05, 0) is 78.4 Å².